The van der Waals surface area contributed by atoms with Gasteiger partial charge in [0.05, 0.1) is 6.61 Å². The van der Waals surface area contributed by atoms with Gasteiger partial charge >= 0.3 is 0 Å². The first-order valence-corrected chi connectivity index (χ1v) is 7.01. The number of hydrogen-bond donors (Lipinski definition) is 0. The Labute approximate surface area is 114 Å². The van der Waals surface area contributed by atoms with Gasteiger partial charge in [-0.1, -0.05) is 12.1 Å². The van der Waals surface area contributed by atoms with Gasteiger partial charge in [0.25, 0.3) is 0 Å². The maximum atomic E-state index is 5.50. The van der Waals surface area contributed by atoms with Crippen molar-refractivity contribution in [3.63, 3.8) is 0 Å². The zero-order valence-electron chi connectivity index (χ0n) is 11.6. The average molecular weight is 256 g/mol. The van der Waals surface area contributed by atoms with Gasteiger partial charge in [-0.2, -0.15) is 0 Å². The molecule has 0 amide bonds. The molecule has 100 valence electrons. The molecule has 0 radical (unpaired) electrons. The molecular formula is C16H20N2O. The van der Waals surface area contributed by atoms with Gasteiger partial charge < -0.3 is 9.30 Å². The Bertz CT molecular complexity index is 557. The van der Waals surface area contributed by atoms with Crippen molar-refractivity contribution in [2.45, 2.75) is 39.2 Å². The van der Waals surface area contributed by atoms with Crippen LogP contribution in [0.1, 0.15) is 36.3 Å². The molecule has 2 aromatic rings. The molecule has 19 heavy (non-hydrogen) atoms. The Morgan fingerprint density at radius 1 is 1.32 bits per heavy atom. The molecule has 1 aliphatic heterocycles. The molecular weight excluding hydrogens is 236 g/mol. The highest BCUT2D eigenvalue weighted by Crippen LogP contribution is 2.30. The normalized spacial score (nSPS) is 18.1. The van der Waals surface area contributed by atoms with E-state index in [1.54, 1.807) is 0 Å². The van der Waals surface area contributed by atoms with E-state index in [1.165, 1.54) is 17.7 Å². The average Bonchev–Trinajstić information content (AvgIpc) is 2.81. The second kappa shape index (κ2) is 5.08. The van der Waals surface area contributed by atoms with Gasteiger partial charge in [-0.05, 0) is 44.4 Å². The molecule has 3 heteroatoms. The lowest BCUT2D eigenvalue weighted by atomic mass is 9.91. The lowest BCUT2D eigenvalue weighted by molar-refractivity contribution is 0.340. The Balaban J connectivity index is 1.79. The number of benzene rings is 1. The van der Waals surface area contributed by atoms with Crippen LogP contribution in [0.2, 0.25) is 0 Å². The third-order valence-electron chi connectivity index (χ3n) is 3.95. The summed E-state index contributed by atoms with van der Waals surface area (Å²) in [5.41, 5.74) is 2.78. The van der Waals surface area contributed by atoms with Crippen LogP contribution >= 0.6 is 0 Å². The summed E-state index contributed by atoms with van der Waals surface area (Å²) in [5.74, 6) is 2.68. The Morgan fingerprint density at radius 2 is 2.11 bits per heavy atom. The van der Waals surface area contributed by atoms with E-state index in [0.29, 0.717) is 5.92 Å². The fourth-order valence-electron chi connectivity index (χ4n) is 2.87. The minimum Gasteiger partial charge on any atom is -0.494 e. The highest BCUT2D eigenvalue weighted by atomic mass is 16.5. The molecule has 0 spiro atoms. The van der Waals surface area contributed by atoms with Crippen molar-refractivity contribution in [1.82, 2.24) is 9.55 Å². The number of rotatable bonds is 3. The zero-order chi connectivity index (χ0) is 13.2. The lowest BCUT2D eigenvalue weighted by Crippen LogP contribution is -2.19. The van der Waals surface area contributed by atoms with Crippen LogP contribution < -0.4 is 4.74 Å². The minimum atomic E-state index is 0.594. The van der Waals surface area contributed by atoms with Crippen LogP contribution in [0.25, 0.3) is 0 Å². The molecule has 1 unspecified atom stereocenters. The minimum absolute atomic E-state index is 0.594. The maximum Gasteiger partial charge on any atom is 0.119 e. The van der Waals surface area contributed by atoms with Gasteiger partial charge in [-0.25, -0.2) is 4.98 Å². The first-order chi connectivity index (χ1) is 9.28. The van der Waals surface area contributed by atoms with Gasteiger partial charge in [-0.15, -0.1) is 0 Å². The van der Waals surface area contributed by atoms with Crippen molar-refractivity contribution in [3.05, 3.63) is 47.5 Å². The lowest BCUT2D eigenvalue weighted by Gasteiger charge is -2.25. The number of aryl methyl sites for hydroxylation is 2. The van der Waals surface area contributed by atoms with Gasteiger partial charge in [0.2, 0.25) is 0 Å². The molecule has 3 rings (SSSR count). The molecule has 0 saturated heterocycles. The molecule has 3 nitrogen and oxygen atoms in total. The van der Waals surface area contributed by atoms with Crippen LogP contribution in [0.4, 0.5) is 0 Å². The van der Waals surface area contributed by atoms with Gasteiger partial charge in [-0.3, -0.25) is 0 Å². The highest BCUT2D eigenvalue weighted by Gasteiger charge is 2.21. The molecule has 0 bridgehead atoms. The van der Waals surface area contributed by atoms with Gasteiger partial charge in [0.1, 0.15) is 11.6 Å². The summed E-state index contributed by atoms with van der Waals surface area (Å²) in [5, 5.41) is 0. The monoisotopic (exact) mass is 256 g/mol. The number of nitrogens with zero attached hydrogens (tertiary/aromatic N) is 2. The summed E-state index contributed by atoms with van der Waals surface area (Å²) in [4.78, 5) is 4.41. The van der Waals surface area contributed by atoms with Gasteiger partial charge in [0.15, 0.2) is 0 Å². The third kappa shape index (κ3) is 2.37. The maximum absolute atomic E-state index is 5.50. The quantitative estimate of drug-likeness (QED) is 0.842. The van der Waals surface area contributed by atoms with E-state index in [-0.39, 0.29) is 0 Å². The summed E-state index contributed by atoms with van der Waals surface area (Å²) in [6, 6.07) is 8.56. The van der Waals surface area contributed by atoms with Crippen molar-refractivity contribution >= 4 is 0 Å². The van der Waals surface area contributed by atoms with Crippen molar-refractivity contribution in [3.8, 4) is 5.75 Å². The smallest absolute Gasteiger partial charge is 0.119 e. The van der Waals surface area contributed by atoms with Crippen LogP contribution in [0.5, 0.6) is 5.75 Å². The number of hydrogen-bond acceptors (Lipinski definition) is 2. The number of ether oxygens (including phenoxy) is 1. The standard InChI is InChI=1S/C16H20N2O/c1-3-19-16-8-5-13(6-9-16)14-4-7-15-10-17-12(2)18(15)11-14/h5-6,8-10,14H,3-4,7,11H2,1-2H3. The predicted octanol–water partition coefficient (Wildman–Crippen LogP) is 3.32. The molecule has 1 atom stereocenters. The van der Waals surface area contributed by atoms with Crippen molar-refractivity contribution in [2.24, 2.45) is 0 Å². The first kappa shape index (κ1) is 12.3. The molecule has 1 aromatic heterocycles. The van der Waals surface area contributed by atoms with E-state index in [9.17, 15) is 0 Å². The SMILES string of the molecule is CCOc1ccc(C2CCc3cnc(C)n3C2)cc1. The fraction of sp³-hybridized carbons (Fsp3) is 0.438. The van der Waals surface area contributed by atoms with Crippen molar-refractivity contribution < 1.29 is 4.74 Å². The van der Waals surface area contributed by atoms with E-state index in [2.05, 4.69) is 40.7 Å². The second-order valence-corrected chi connectivity index (χ2v) is 5.15. The van der Waals surface area contributed by atoms with Gasteiger partial charge in [0, 0.05) is 24.4 Å². The van der Waals surface area contributed by atoms with E-state index in [0.717, 1.165) is 31.1 Å². The van der Waals surface area contributed by atoms with Crippen molar-refractivity contribution in [1.29, 1.82) is 0 Å². The topological polar surface area (TPSA) is 27.1 Å². The second-order valence-electron chi connectivity index (χ2n) is 5.15. The zero-order valence-corrected chi connectivity index (χ0v) is 11.6. The summed E-state index contributed by atoms with van der Waals surface area (Å²) in [6.07, 6.45) is 4.35. The largest absolute Gasteiger partial charge is 0.494 e. The summed E-state index contributed by atoms with van der Waals surface area (Å²) < 4.78 is 7.85. The number of aromatic nitrogens is 2. The Morgan fingerprint density at radius 3 is 2.84 bits per heavy atom. The summed E-state index contributed by atoms with van der Waals surface area (Å²) in [7, 11) is 0. The molecule has 1 aliphatic rings. The van der Waals surface area contributed by atoms with Crippen molar-refractivity contribution in [2.75, 3.05) is 6.61 Å². The summed E-state index contributed by atoms with van der Waals surface area (Å²) in [6.45, 7) is 5.87. The Hall–Kier alpha value is -1.77. The first-order valence-electron chi connectivity index (χ1n) is 7.01. The van der Waals surface area contributed by atoms with Crippen LogP contribution in [0, 0.1) is 6.92 Å². The van der Waals surface area contributed by atoms with Crippen LogP contribution in [-0.2, 0) is 13.0 Å². The Kier molecular flexibility index (Phi) is 3.28. The number of imidazole rings is 1. The molecule has 0 aliphatic carbocycles. The highest BCUT2D eigenvalue weighted by molar-refractivity contribution is 5.30. The predicted molar refractivity (Wildman–Crippen MR) is 75.6 cm³/mol. The van der Waals surface area contributed by atoms with E-state index >= 15 is 0 Å². The number of fused-ring (bicyclic) bond motifs is 1. The molecule has 0 N–H and O–H groups in total. The molecule has 0 fully saturated rings. The van der Waals surface area contributed by atoms with Crippen LogP contribution in [-0.4, -0.2) is 16.2 Å². The summed E-state index contributed by atoms with van der Waals surface area (Å²) >= 11 is 0. The molecule has 2 heterocycles. The van der Waals surface area contributed by atoms with E-state index in [1.807, 2.05) is 13.1 Å². The van der Waals surface area contributed by atoms with Crippen LogP contribution in [0.15, 0.2) is 30.5 Å². The van der Waals surface area contributed by atoms with E-state index < -0.39 is 0 Å². The fourth-order valence-corrected chi connectivity index (χ4v) is 2.87. The molecule has 0 saturated carbocycles. The molecule has 1 aromatic carbocycles. The van der Waals surface area contributed by atoms with Crippen LogP contribution in [0.3, 0.4) is 0 Å². The third-order valence-corrected chi connectivity index (χ3v) is 3.95. The van der Waals surface area contributed by atoms with E-state index in [4.69, 9.17) is 4.74 Å².